The molecule has 2 fully saturated rings. The number of carbonyl (C=O) groups is 1. The molecule has 39 heavy (non-hydrogen) atoms. The Balaban J connectivity index is 1.12. The van der Waals surface area contributed by atoms with Gasteiger partial charge in [0.25, 0.3) is 5.91 Å². The Morgan fingerprint density at radius 1 is 1.00 bits per heavy atom. The van der Waals surface area contributed by atoms with Crippen LogP contribution in [0.15, 0.2) is 70.8 Å². The monoisotopic (exact) mass is 555 g/mol. The molecule has 0 spiro atoms. The Kier molecular flexibility index (Phi) is 8.01. The summed E-state index contributed by atoms with van der Waals surface area (Å²) < 4.78 is 41.2. The van der Waals surface area contributed by atoms with E-state index < -0.39 is 6.36 Å². The zero-order chi connectivity index (χ0) is 27.6. The summed E-state index contributed by atoms with van der Waals surface area (Å²) in [6.45, 7) is 3.79. The highest BCUT2D eigenvalue weighted by Gasteiger charge is 2.39. The second kappa shape index (κ2) is 11.4. The number of nitrogens with zero attached hydrogens (tertiary/aromatic N) is 3. The van der Waals surface area contributed by atoms with E-state index >= 15 is 0 Å². The number of alkyl halides is 3. The SMILES string of the molecule is N#Cc1ccc(CN2CCC(CC3=CC(Cl)=C4C(=O)N(Cc5ccc(OC(F)(F)F)cc5)CC4C3)CC2)cc1. The average Bonchev–Trinajstić information content (AvgIpc) is 3.21. The van der Waals surface area contributed by atoms with Crippen LogP contribution >= 0.6 is 11.6 Å². The second-order valence-electron chi connectivity index (χ2n) is 10.6. The molecular weight excluding hydrogens is 527 g/mol. The predicted octanol–water partition coefficient (Wildman–Crippen LogP) is 6.54. The molecule has 5 nitrogen and oxygen atoms in total. The number of hydrogen-bond donors (Lipinski definition) is 0. The molecule has 2 aliphatic heterocycles. The fourth-order valence-corrected chi connectivity index (χ4v) is 6.23. The molecule has 5 rings (SSSR count). The van der Waals surface area contributed by atoms with Gasteiger partial charge in [0.1, 0.15) is 5.75 Å². The Bertz CT molecular complexity index is 1300. The first-order valence-electron chi connectivity index (χ1n) is 13.1. The molecule has 0 N–H and O–H groups in total. The molecule has 2 aromatic carbocycles. The molecule has 0 radical (unpaired) electrons. The van der Waals surface area contributed by atoms with Crippen molar-refractivity contribution in [1.29, 1.82) is 5.26 Å². The van der Waals surface area contributed by atoms with Gasteiger partial charge in [-0.3, -0.25) is 9.69 Å². The van der Waals surface area contributed by atoms with E-state index in [0.29, 0.717) is 35.2 Å². The molecule has 1 aliphatic carbocycles. The van der Waals surface area contributed by atoms with Crippen LogP contribution in [-0.2, 0) is 17.9 Å². The third-order valence-electron chi connectivity index (χ3n) is 7.74. The summed E-state index contributed by atoms with van der Waals surface area (Å²) in [5.41, 5.74) is 4.55. The molecule has 2 saturated heterocycles. The lowest BCUT2D eigenvalue weighted by Gasteiger charge is -2.33. The minimum absolute atomic E-state index is 0.0364. The largest absolute Gasteiger partial charge is 0.573 e. The zero-order valence-corrected chi connectivity index (χ0v) is 22.1. The number of allylic oxidation sites excluding steroid dienone is 3. The van der Waals surface area contributed by atoms with Gasteiger partial charge in [-0.2, -0.15) is 5.26 Å². The van der Waals surface area contributed by atoms with Gasteiger partial charge in [-0.05, 0) is 86.2 Å². The van der Waals surface area contributed by atoms with Crippen molar-refractivity contribution in [2.45, 2.75) is 45.1 Å². The molecule has 0 saturated carbocycles. The van der Waals surface area contributed by atoms with E-state index in [-0.39, 0.29) is 17.6 Å². The van der Waals surface area contributed by atoms with Gasteiger partial charge in [0.15, 0.2) is 0 Å². The van der Waals surface area contributed by atoms with Crippen molar-refractivity contribution in [2.24, 2.45) is 11.8 Å². The maximum Gasteiger partial charge on any atom is 0.573 e. The Hall–Kier alpha value is -3.28. The molecule has 2 aromatic rings. The van der Waals surface area contributed by atoms with Crippen molar-refractivity contribution in [3.63, 3.8) is 0 Å². The van der Waals surface area contributed by atoms with Gasteiger partial charge in [0.05, 0.1) is 11.6 Å². The normalized spacial score (nSPS) is 20.6. The van der Waals surface area contributed by atoms with Crippen LogP contribution in [0.3, 0.4) is 0 Å². The summed E-state index contributed by atoms with van der Waals surface area (Å²) in [4.78, 5) is 17.3. The van der Waals surface area contributed by atoms with Crippen molar-refractivity contribution in [3.05, 3.63) is 87.5 Å². The number of halogens is 4. The molecule has 2 heterocycles. The highest BCUT2D eigenvalue weighted by molar-refractivity contribution is 6.34. The lowest BCUT2D eigenvalue weighted by molar-refractivity contribution is -0.274. The Morgan fingerprint density at radius 2 is 1.64 bits per heavy atom. The molecule has 0 aromatic heterocycles. The summed E-state index contributed by atoms with van der Waals surface area (Å²) >= 11 is 6.61. The number of fused-ring (bicyclic) bond motifs is 1. The van der Waals surface area contributed by atoms with E-state index in [4.69, 9.17) is 16.9 Å². The number of hydrogen-bond acceptors (Lipinski definition) is 4. The van der Waals surface area contributed by atoms with Crippen LogP contribution in [0, 0.1) is 23.2 Å². The van der Waals surface area contributed by atoms with Crippen molar-refractivity contribution in [2.75, 3.05) is 19.6 Å². The topological polar surface area (TPSA) is 56.6 Å². The summed E-state index contributed by atoms with van der Waals surface area (Å²) in [5, 5.41) is 9.49. The standard InChI is InChI=1S/C30H29ClF3N3O2/c31-27-15-24(13-20-9-11-36(12-10-20)17-22-3-1-21(16-35)2-4-22)14-25-19-37(29(38)28(25)27)18-23-5-7-26(8-6-23)39-30(32,33)34/h1-8,15,20,25H,9-14,17-19H2. The molecular formula is C30H29ClF3N3O2. The minimum atomic E-state index is -4.74. The van der Waals surface area contributed by atoms with Gasteiger partial charge >= 0.3 is 6.36 Å². The first-order chi connectivity index (χ1) is 18.7. The predicted molar refractivity (Wildman–Crippen MR) is 141 cm³/mol. The van der Waals surface area contributed by atoms with E-state index in [1.54, 1.807) is 17.0 Å². The fourth-order valence-electron chi connectivity index (χ4n) is 5.84. The minimum Gasteiger partial charge on any atom is -0.406 e. The maximum absolute atomic E-state index is 13.1. The highest BCUT2D eigenvalue weighted by Crippen LogP contribution is 2.41. The lowest BCUT2D eigenvalue weighted by Crippen LogP contribution is -2.33. The zero-order valence-electron chi connectivity index (χ0n) is 21.4. The summed E-state index contributed by atoms with van der Waals surface area (Å²) in [7, 11) is 0. The number of likely N-dealkylation sites (tertiary alicyclic amines) is 2. The van der Waals surface area contributed by atoms with E-state index in [0.717, 1.165) is 50.9 Å². The number of piperidine rings is 1. The fraction of sp³-hybridized carbons (Fsp3) is 0.400. The number of ether oxygens (including phenoxy) is 1. The molecule has 204 valence electrons. The summed E-state index contributed by atoms with van der Waals surface area (Å²) in [6, 6.07) is 15.5. The van der Waals surface area contributed by atoms with Crippen LogP contribution in [0.25, 0.3) is 0 Å². The smallest absolute Gasteiger partial charge is 0.406 e. The lowest BCUT2D eigenvalue weighted by atomic mass is 9.82. The number of benzene rings is 2. The molecule has 0 bridgehead atoms. The van der Waals surface area contributed by atoms with Crippen molar-refractivity contribution in [1.82, 2.24) is 9.80 Å². The van der Waals surface area contributed by atoms with Gasteiger partial charge in [-0.25, -0.2) is 0 Å². The van der Waals surface area contributed by atoms with Crippen LogP contribution < -0.4 is 4.74 Å². The van der Waals surface area contributed by atoms with Crippen molar-refractivity contribution < 1.29 is 22.7 Å². The number of carbonyl (C=O) groups excluding carboxylic acids is 1. The number of rotatable bonds is 7. The average molecular weight is 556 g/mol. The van der Waals surface area contributed by atoms with Gasteiger partial charge in [0.2, 0.25) is 0 Å². The Morgan fingerprint density at radius 3 is 2.28 bits per heavy atom. The highest BCUT2D eigenvalue weighted by atomic mass is 35.5. The van der Waals surface area contributed by atoms with E-state index in [9.17, 15) is 18.0 Å². The van der Waals surface area contributed by atoms with E-state index in [1.807, 2.05) is 30.3 Å². The molecule has 1 unspecified atom stereocenters. The van der Waals surface area contributed by atoms with Gasteiger partial charge in [0, 0.05) is 36.2 Å². The van der Waals surface area contributed by atoms with Gasteiger partial charge in [-0.15, -0.1) is 13.2 Å². The molecule has 1 atom stereocenters. The first kappa shape index (κ1) is 27.3. The van der Waals surface area contributed by atoms with Crippen molar-refractivity contribution >= 4 is 17.5 Å². The van der Waals surface area contributed by atoms with Crippen molar-refractivity contribution in [3.8, 4) is 11.8 Å². The first-order valence-corrected chi connectivity index (χ1v) is 13.5. The molecule has 1 amide bonds. The maximum atomic E-state index is 13.1. The van der Waals surface area contributed by atoms with E-state index in [1.165, 1.54) is 23.3 Å². The Labute approximate surface area is 231 Å². The van der Waals surface area contributed by atoms with Crippen LogP contribution in [0.1, 0.15) is 42.4 Å². The van der Waals surface area contributed by atoms with Crippen LogP contribution in [0.2, 0.25) is 0 Å². The third kappa shape index (κ3) is 6.84. The third-order valence-corrected chi connectivity index (χ3v) is 8.05. The van der Waals surface area contributed by atoms with Crippen LogP contribution in [0.5, 0.6) is 5.75 Å². The van der Waals surface area contributed by atoms with E-state index in [2.05, 4.69) is 15.7 Å². The number of nitriles is 1. The molecule has 3 aliphatic rings. The number of amides is 1. The molecule has 9 heteroatoms. The summed E-state index contributed by atoms with van der Waals surface area (Å²) in [5.74, 6) is 0.221. The van der Waals surface area contributed by atoms with Crippen LogP contribution in [-0.4, -0.2) is 41.7 Å². The van der Waals surface area contributed by atoms with Crippen LogP contribution in [0.4, 0.5) is 13.2 Å². The second-order valence-corrected chi connectivity index (χ2v) is 11.0. The summed E-state index contributed by atoms with van der Waals surface area (Å²) in [6.07, 6.45) is 1.22. The van der Waals surface area contributed by atoms with Gasteiger partial charge in [-0.1, -0.05) is 41.4 Å². The van der Waals surface area contributed by atoms with Gasteiger partial charge < -0.3 is 9.64 Å². The quantitative estimate of drug-likeness (QED) is 0.389.